The smallest absolute Gasteiger partial charge is 0.407 e. The summed E-state index contributed by atoms with van der Waals surface area (Å²) in [7, 11) is 0. The Bertz CT molecular complexity index is 1100. The highest BCUT2D eigenvalue weighted by Gasteiger charge is 2.28. The molecule has 1 aliphatic rings. The average Bonchev–Trinajstić information content (AvgIpc) is 3.33. The van der Waals surface area contributed by atoms with E-state index >= 15 is 0 Å². The van der Waals surface area contributed by atoms with Crippen LogP contribution in [0, 0.1) is 0 Å². The van der Waals surface area contributed by atoms with E-state index in [0.29, 0.717) is 23.5 Å². The molecule has 0 radical (unpaired) electrons. The average molecular weight is 410 g/mol. The zero-order valence-corrected chi connectivity index (χ0v) is 17.4. The minimum absolute atomic E-state index is 0.0196. The van der Waals surface area contributed by atoms with Crippen molar-refractivity contribution < 1.29 is 9.53 Å². The van der Waals surface area contributed by atoms with Gasteiger partial charge in [-0.1, -0.05) is 18.2 Å². The number of hydrogen-bond acceptors (Lipinski definition) is 6. The third kappa shape index (κ3) is 4.14. The van der Waals surface area contributed by atoms with Gasteiger partial charge in [0.05, 0.1) is 11.9 Å². The zero-order valence-electron chi connectivity index (χ0n) is 17.4. The standard InChI is InChI=1S/C21H26N6O3/c1-21(2,3)30-20(29)22-12-15-10-7-11-26(15)19-24-17-16(18(28)25-19)13-23-27(17)14-8-5-4-6-9-14/h4-6,8-9,13,15H,7,10-12H2,1-3H3,(H,22,29)(H,24,25,28)/t15-/m1/s1. The van der Waals surface area contributed by atoms with E-state index in [9.17, 15) is 9.59 Å². The zero-order chi connectivity index (χ0) is 21.3. The molecule has 30 heavy (non-hydrogen) atoms. The van der Waals surface area contributed by atoms with Crippen molar-refractivity contribution in [2.24, 2.45) is 0 Å². The molecule has 0 spiro atoms. The first kappa shape index (κ1) is 19.9. The Morgan fingerprint density at radius 2 is 2.07 bits per heavy atom. The first-order valence-electron chi connectivity index (χ1n) is 10.1. The van der Waals surface area contributed by atoms with Crippen LogP contribution in [-0.2, 0) is 4.74 Å². The molecule has 1 fully saturated rings. The Kier molecular flexibility index (Phi) is 5.19. The van der Waals surface area contributed by atoms with Crippen molar-refractivity contribution in [2.75, 3.05) is 18.0 Å². The third-order valence-corrected chi connectivity index (χ3v) is 4.96. The Hall–Kier alpha value is -3.36. The number of H-pyrrole nitrogens is 1. The molecule has 4 rings (SSSR count). The van der Waals surface area contributed by atoms with Crippen LogP contribution in [0.2, 0.25) is 0 Å². The summed E-state index contributed by atoms with van der Waals surface area (Å²) in [5, 5.41) is 7.61. The lowest BCUT2D eigenvalue weighted by Gasteiger charge is -2.26. The Morgan fingerprint density at radius 1 is 1.30 bits per heavy atom. The van der Waals surface area contributed by atoms with Crippen molar-refractivity contribution in [1.29, 1.82) is 0 Å². The summed E-state index contributed by atoms with van der Waals surface area (Å²) in [6, 6.07) is 9.60. The van der Waals surface area contributed by atoms with E-state index in [2.05, 4.69) is 15.4 Å². The molecule has 1 amide bonds. The summed E-state index contributed by atoms with van der Waals surface area (Å²) >= 11 is 0. The van der Waals surface area contributed by atoms with E-state index in [4.69, 9.17) is 9.72 Å². The molecule has 1 atom stereocenters. The van der Waals surface area contributed by atoms with Crippen LogP contribution in [0.5, 0.6) is 0 Å². The fourth-order valence-electron chi connectivity index (χ4n) is 3.64. The van der Waals surface area contributed by atoms with Gasteiger partial charge >= 0.3 is 6.09 Å². The van der Waals surface area contributed by atoms with E-state index in [0.717, 1.165) is 25.1 Å². The summed E-state index contributed by atoms with van der Waals surface area (Å²) in [6.07, 6.45) is 2.91. The number of amides is 1. The first-order chi connectivity index (χ1) is 14.3. The van der Waals surface area contributed by atoms with Gasteiger partial charge in [0.1, 0.15) is 11.0 Å². The van der Waals surface area contributed by atoms with Gasteiger partial charge in [0.25, 0.3) is 5.56 Å². The minimum atomic E-state index is -0.548. The molecule has 3 aromatic rings. The highest BCUT2D eigenvalue weighted by atomic mass is 16.6. The van der Waals surface area contributed by atoms with E-state index in [-0.39, 0.29) is 11.6 Å². The van der Waals surface area contributed by atoms with Gasteiger partial charge in [-0.3, -0.25) is 9.78 Å². The third-order valence-electron chi connectivity index (χ3n) is 4.96. The van der Waals surface area contributed by atoms with Gasteiger partial charge in [-0.25, -0.2) is 9.48 Å². The second-order valence-electron chi connectivity index (χ2n) is 8.39. The molecule has 3 heterocycles. The van der Waals surface area contributed by atoms with Crippen LogP contribution in [0.3, 0.4) is 0 Å². The van der Waals surface area contributed by atoms with Crippen LogP contribution in [0.4, 0.5) is 10.7 Å². The van der Waals surface area contributed by atoms with Gasteiger partial charge in [-0.2, -0.15) is 10.1 Å². The molecule has 1 aliphatic heterocycles. The predicted octanol–water partition coefficient (Wildman–Crippen LogP) is 2.60. The largest absolute Gasteiger partial charge is 0.444 e. The van der Waals surface area contributed by atoms with Crippen molar-refractivity contribution in [3.8, 4) is 5.69 Å². The molecule has 158 valence electrons. The van der Waals surface area contributed by atoms with E-state index in [1.54, 1.807) is 4.68 Å². The highest BCUT2D eigenvalue weighted by Crippen LogP contribution is 2.23. The maximum Gasteiger partial charge on any atom is 0.407 e. The van der Waals surface area contributed by atoms with E-state index < -0.39 is 11.7 Å². The Balaban J connectivity index is 1.59. The number of anilines is 1. The molecule has 0 saturated carbocycles. The second kappa shape index (κ2) is 7.81. The van der Waals surface area contributed by atoms with Crippen LogP contribution in [0.1, 0.15) is 33.6 Å². The number of alkyl carbamates (subject to hydrolysis) is 1. The number of ether oxygens (including phenoxy) is 1. The lowest BCUT2D eigenvalue weighted by molar-refractivity contribution is 0.0525. The van der Waals surface area contributed by atoms with E-state index in [1.165, 1.54) is 6.20 Å². The lowest BCUT2D eigenvalue weighted by atomic mass is 10.2. The van der Waals surface area contributed by atoms with E-state index in [1.807, 2.05) is 56.0 Å². The fraction of sp³-hybridized carbons (Fsp3) is 0.429. The molecular weight excluding hydrogens is 384 g/mol. The number of hydrogen-bond donors (Lipinski definition) is 2. The topological polar surface area (TPSA) is 105 Å². The summed E-state index contributed by atoms with van der Waals surface area (Å²) in [4.78, 5) is 34.3. The van der Waals surface area contributed by atoms with Gasteiger partial charge in [0.15, 0.2) is 5.65 Å². The number of nitrogens with zero attached hydrogens (tertiary/aromatic N) is 4. The molecule has 1 saturated heterocycles. The number of aromatic amines is 1. The number of carbonyl (C=O) groups is 1. The molecule has 2 aromatic heterocycles. The second-order valence-corrected chi connectivity index (χ2v) is 8.39. The number of nitrogens with one attached hydrogen (secondary N) is 2. The number of para-hydroxylation sites is 1. The number of carbonyl (C=O) groups excluding carboxylic acids is 1. The fourth-order valence-corrected chi connectivity index (χ4v) is 3.64. The SMILES string of the molecule is CC(C)(C)OC(=O)NC[C@H]1CCCN1c1nc2c(cnn2-c2ccccc2)c(=O)[nH]1. The van der Waals surface area contributed by atoms with Crippen molar-refractivity contribution in [3.63, 3.8) is 0 Å². The number of benzene rings is 1. The maximum absolute atomic E-state index is 12.7. The summed E-state index contributed by atoms with van der Waals surface area (Å²) in [5.74, 6) is 0.485. The summed E-state index contributed by atoms with van der Waals surface area (Å²) in [5.41, 5.74) is 0.558. The molecule has 9 heteroatoms. The van der Waals surface area contributed by atoms with Gasteiger partial charge in [0.2, 0.25) is 5.95 Å². The number of aromatic nitrogens is 4. The first-order valence-corrected chi connectivity index (χ1v) is 10.1. The highest BCUT2D eigenvalue weighted by molar-refractivity contribution is 5.76. The molecule has 0 aliphatic carbocycles. The normalized spacial score (nSPS) is 16.8. The van der Waals surface area contributed by atoms with Crippen molar-refractivity contribution in [1.82, 2.24) is 25.1 Å². The van der Waals surface area contributed by atoms with Crippen LogP contribution in [0.25, 0.3) is 16.7 Å². The summed E-state index contributed by atoms with van der Waals surface area (Å²) in [6.45, 7) is 6.64. The Morgan fingerprint density at radius 3 is 2.80 bits per heavy atom. The molecule has 9 nitrogen and oxygen atoms in total. The van der Waals surface area contributed by atoms with Crippen LogP contribution < -0.4 is 15.8 Å². The molecule has 1 aromatic carbocycles. The van der Waals surface area contributed by atoms with Crippen LogP contribution in [-0.4, -0.2) is 50.6 Å². The number of rotatable bonds is 4. The maximum atomic E-state index is 12.7. The van der Waals surface area contributed by atoms with Crippen molar-refractivity contribution >= 4 is 23.1 Å². The van der Waals surface area contributed by atoms with Crippen molar-refractivity contribution in [3.05, 3.63) is 46.9 Å². The monoisotopic (exact) mass is 410 g/mol. The van der Waals surface area contributed by atoms with Gasteiger partial charge in [0, 0.05) is 19.1 Å². The Labute approximate surface area is 174 Å². The van der Waals surface area contributed by atoms with Gasteiger partial charge in [-0.05, 0) is 45.7 Å². The van der Waals surface area contributed by atoms with Crippen LogP contribution in [0.15, 0.2) is 41.3 Å². The summed E-state index contributed by atoms with van der Waals surface area (Å²) < 4.78 is 6.98. The molecular formula is C21H26N6O3. The van der Waals surface area contributed by atoms with Crippen molar-refractivity contribution in [2.45, 2.75) is 45.3 Å². The number of fused-ring (bicyclic) bond motifs is 1. The van der Waals surface area contributed by atoms with Crippen LogP contribution >= 0.6 is 0 Å². The lowest BCUT2D eigenvalue weighted by Crippen LogP contribution is -2.43. The van der Waals surface area contributed by atoms with Gasteiger partial charge < -0.3 is 15.0 Å². The molecule has 2 N–H and O–H groups in total. The predicted molar refractivity (Wildman–Crippen MR) is 114 cm³/mol. The minimum Gasteiger partial charge on any atom is -0.444 e. The molecule has 0 bridgehead atoms. The quantitative estimate of drug-likeness (QED) is 0.685. The van der Waals surface area contributed by atoms with Gasteiger partial charge in [-0.15, -0.1) is 0 Å². The molecule has 0 unspecified atom stereocenters.